The molecule has 0 aliphatic rings. The molecule has 2 heterocycles. The lowest BCUT2D eigenvalue weighted by Gasteiger charge is -2.08. The number of rotatable bonds is 7. The number of hydrazine groups is 1. The number of nitrogens with one attached hydrogen (secondary N) is 2. The molecule has 0 fully saturated rings. The van der Waals surface area contributed by atoms with Gasteiger partial charge in [-0.05, 0) is 36.4 Å². The molecule has 0 aliphatic carbocycles. The molecule has 0 saturated carbocycles. The van der Waals surface area contributed by atoms with E-state index in [1.165, 1.54) is 11.8 Å². The highest BCUT2D eigenvalue weighted by atomic mass is 32.2. The van der Waals surface area contributed by atoms with Crippen LogP contribution in [0.25, 0.3) is 11.0 Å². The van der Waals surface area contributed by atoms with Gasteiger partial charge in [0.1, 0.15) is 5.75 Å². The summed E-state index contributed by atoms with van der Waals surface area (Å²) in [6, 6.07) is 14.4. The fourth-order valence-corrected chi connectivity index (χ4v) is 3.73. The van der Waals surface area contributed by atoms with Gasteiger partial charge in [0.25, 0.3) is 5.91 Å². The normalized spacial score (nSPS) is 10.8. The van der Waals surface area contributed by atoms with Gasteiger partial charge in [0, 0.05) is 12.6 Å². The molecule has 0 spiro atoms. The molecule has 10 nitrogen and oxygen atoms in total. The highest BCUT2D eigenvalue weighted by Gasteiger charge is 2.14. The van der Waals surface area contributed by atoms with Gasteiger partial charge in [0.2, 0.25) is 5.91 Å². The molecule has 164 valence electrons. The van der Waals surface area contributed by atoms with Gasteiger partial charge in [-0.1, -0.05) is 23.9 Å². The van der Waals surface area contributed by atoms with Crippen molar-refractivity contribution in [1.29, 1.82) is 0 Å². The number of hydrogen-bond acceptors (Lipinski definition) is 7. The standard InChI is InChI=1S/C21H21N7O3S/c1-27-18(11-28-13-22-16-5-3-4-6-17(16)28)23-26-21(27)32-12-19(29)24-25-20(30)14-7-9-15(31-2)10-8-14/h3-10,13H,11-12H2,1-2H3,(H,24,29)(H,25,30). The molecular weight excluding hydrogens is 430 g/mol. The number of imidazole rings is 1. The third-order valence-electron chi connectivity index (χ3n) is 4.76. The van der Waals surface area contributed by atoms with Gasteiger partial charge >= 0.3 is 0 Å². The van der Waals surface area contributed by atoms with Crippen LogP contribution in [-0.2, 0) is 18.4 Å². The maximum Gasteiger partial charge on any atom is 0.269 e. The number of benzene rings is 2. The second-order valence-electron chi connectivity index (χ2n) is 6.84. The van der Waals surface area contributed by atoms with Gasteiger partial charge in [0.05, 0.1) is 36.8 Å². The number of carbonyl (C=O) groups is 2. The van der Waals surface area contributed by atoms with Crippen molar-refractivity contribution in [3.05, 3.63) is 66.2 Å². The lowest BCUT2D eigenvalue weighted by atomic mass is 10.2. The van der Waals surface area contributed by atoms with Crippen LogP contribution in [0.3, 0.4) is 0 Å². The van der Waals surface area contributed by atoms with Crippen LogP contribution < -0.4 is 15.6 Å². The Morgan fingerprint density at radius 2 is 1.84 bits per heavy atom. The molecule has 0 saturated heterocycles. The average molecular weight is 452 g/mol. The molecular formula is C21H21N7O3S. The van der Waals surface area contributed by atoms with Crippen LogP contribution in [0.4, 0.5) is 0 Å². The van der Waals surface area contributed by atoms with E-state index in [-0.39, 0.29) is 11.7 Å². The number of carbonyl (C=O) groups excluding carboxylic acids is 2. The van der Waals surface area contributed by atoms with E-state index in [0.717, 1.165) is 16.9 Å². The molecule has 0 aliphatic heterocycles. The topological polar surface area (TPSA) is 116 Å². The van der Waals surface area contributed by atoms with Crippen LogP contribution in [-0.4, -0.2) is 49.0 Å². The Hall–Kier alpha value is -3.86. The minimum Gasteiger partial charge on any atom is -0.497 e. The van der Waals surface area contributed by atoms with E-state index in [9.17, 15) is 9.59 Å². The minimum atomic E-state index is -0.417. The van der Waals surface area contributed by atoms with Crippen molar-refractivity contribution in [3.63, 3.8) is 0 Å². The molecule has 0 bridgehead atoms. The van der Waals surface area contributed by atoms with Crippen LogP contribution in [0.5, 0.6) is 5.75 Å². The fraction of sp³-hybridized carbons (Fsp3) is 0.190. The molecule has 2 amide bonds. The van der Waals surface area contributed by atoms with E-state index in [1.54, 1.807) is 37.7 Å². The highest BCUT2D eigenvalue weighted by molar-refractivity contribution is 7.99. The summed E-state index contributed by atoms with van der Waals surface area (Å²) in [6.07, 6.45) is 1.77. The third kappa shape index (κ3) is 4.72. The smallest absolute Gasteiger partial charge is 0.269 e. The molecule has 4 rings (SSSR count). The molecule has 0 atom stereocenters. The highest BCUT2D eigenvalue weighted by Crippen LogP contribution is 2.18. The molecule has 32 heavy (non-hydrogen) atoms. The van der Waals surface area contributed by atoms with Crippen molar-refractivity contribution in [2.75, 3.05) is 12.9 Å². The summed E-state index contributed by atoms with van der Waals surface area (Å²) in [5.74, 6) is 0.680. The summed E-state index contributed by atoms with van der Waals surface area (Å²) in [5.41, 5.74) is 7.13. The second kappa shape index (κ2) is 9.52. The largest absolute Gasteiger partial charge is 0.497 e. The van der Waals surface area contributed by atoms with Crippen LogP contribution in [0.1, 0.15) is 16.2 Å². The summed E-state index contributed by atoms with van der Waals surface area (Å²) in [5, 5.41) is 9.00. The first kappa shape index (κ1) is 21.4. The van der Waals surface area contributed by atoms with Crippen molar-refractivity contribution >= 4 is 34.6 Å². The number of fused-ring (bicyclic) bond motifs is 1. The van der Waals surface area contributed by atoms with Crippen molar-refractivity contribution in [1.82, 2.24) is 35.2 Å². The zero-order valence-electron chi connectivity index (χ0n) is 17.5. The number of hydrogen-bond donors (Lipinski definition) is 2. The number of para-hydroxylation sites is 2. The molecule has 2 aromatic carbocycles. The number of aromatic nitrogens is 5. The van der Waals surface area contributed by atoms with Crippen LogP contribution in [0.15, 0.2) is 60.0 Å². The van der Waals surface area contributed by atoms with Gasteiger partial charge in [-0.2, -0.15) is 0 Å². The summed E-state index contributed by atoms with van der Waals surface area (Å²) < 4.78 is 8.89. The molecule has 2 aromatic heterocycles. The van der Waals surface area contributed by atoms with Crippen molar-refractivity contribution in [3.8, 4) is 5.75 Å². The monoisotopic (exact) mass is 451 g/mol. The maximum atomic E-state index is 12.1. The quantitative estimate of drug-likeness (QED) is 0.325. The van der Waals surface area contributed by atoms with Crippen LogP contribution >= 0.6 is 11.8 Å². The zero-order valence-corrected chi connectivity index (χ0v) is 18.3. The fourth-order valence-electron chi connectivity index (χ4n) is 3.00. The zero-order chi connectivity index (χ0) is 22.5. The number of methoxy groups -OCH3 is 1. The van der Waals surface area contributed by atoms with Crippen LogP contribution in [0.2, 0.25) is 0 Å². The van der Waals surface area contributed by atoms with Crippen molar-refractivity contribution < 1.29 is 14.3 Å². The third-order valence-corrected chi connectivity index (χ3v) is 5.78. The second-order valence-corrected chi connectivity index (χ2v) is 7.78. The average Bonchev–Trinajstić information content (AvgIpc) is 3.40. The van der Waals surface area contributed by atoms with E-state index in [1.807, 2.05) is 40.4 Å². The lowest BCUT2D eigenvalue weighted by molar-refractivity contribution is -0.119. The van der Waals surface area contributed by atoms with Gasteiger partial charge in [-0.15, -0.1) is 10.2 Å². The summed E-state index contributed by atoms with van der Waals surface area (Å²) in [6.45, 7) is 0.509. The van der Waals surface area contributed by atoms with E-state index in [2.05, 4.69) is 26.0 Å². The number of ether oxygens (including phenoxy) is 1. The Labute approximate surface area is 188 Å². The van der Waals surface area contributed by atoms with Crippen molar-refractivity contribution in [2.45, 2.75) is 11.7 Å². The molecule has 0 radical (unpaired) electrons. The molecule has 11 heteroatoms. The summed E-state index contributed by atoms with van der Waals surface area (Å²) in [4.78, 5) is 28.6. The Morgan fingerprint density at radius 3 is 2.62 bits per heavy atom. The molecule has 2 N–H and O–H groups in total. The number of thioether (sulfide) groups is 1. The number of amides is 2. The summed E-state index contributed by atoms with van der Waals surface area (Å²) >= 11 is 1.23. The van der Waals surface area contributed by atoms with E-state index in [4.69, 9.17) is 4.74 Å². The Kier molecular flexibility index (Phi) is 6.36. The first-order valence-corrected chi connectivity index (χ1v) is 10.7. The number of nitrogens with zero attached hydrogens (tertiary/aromatic N) is 5. The van der Waals surface area contributed by atoms with Gasteiger partial charge in [0.15, 0.2) is 11.0 Å². The SMILES string of the molecule is COc1ccc(C(=O)NNC(=O)CSc2nnc(Cn3cnc4ccccc43)n2C)cc1. The lowest BCUT2D eigenvalue weighted by Crippen LogP contribution is -2.42. The first-order valence-electron chi connectivity index (χ1n) is 9.69. The molecule has 0 unspecified atom stereocenters. The van der Waals surface area contributed by atoms with E-state index < -0.39 is 5.91 Å². The predicted octanol–water partition coefficient (Wildman–Crippen LogP) is 1.77. The first-order chi connectivity index (χ1) is 15.5. The minimum absolute atomic E-state index is 0.0723. The van der Waals surface area contributed by atoms with Gasteiger partial charge in [-0.3, -0.25) is 20.4 Å². The predicted molar refractivity (Wildman–Crippen MR) is 119 cm³/mol. The Bertz CT molecular complexity index is 1250. The van der Waals surface area contributed by atoms with E-state index >= 15 is 0 Å². The van der Waals surface area contributed by atoms with Gasteiger partial charge in [-0.25, -0.2) is 4.98 Å². The Balaban J connectivity index is 1.29. The maximum absolute atomic E-state index is 12.1. The Morgan fingerprint density at radius 1 is 1.06 bits per heavy atom. The van der Waals surface area contributed by atoms with Gasteiger partial charge < -0.3 is 13.9 Å². The van der Waals surface area contributed by atoms with Crippen molar-refractivity contribution in [2.24, 2.45) is 7.05 Å². The molecule has 4 aromatic rings. The van der Waals surface area contributed by atoms with Crippen LogP contribution in [0, 0.1) is 0 Å². The summed E-state index contributed by atoms with van der Waals surface area (Å²) in [7, 11) is 3.40. The van der Waals surface area contributed by atoms with E-state index in [0.29, 0.717) is 23.0 Å².